The molecule has 1 amide bonds. The highest BCUT2D eigenvalue weighted by Crippen LogP contribution is 2.17. The summed E-state index contributed by atoms with van der Waals surface area (Å²) in [7, 11) is 3.42. The molecule has 1 heterocycles. The average molecular weight is 490 g/mol. The van der Waals surface area contributed by atoms with Crippen LogP contribution in [0.2, 0.25) is 0 Å². The molecular weight excluding hydrogens is 459 g/mol. The van der Waals surface area contributed by atoms with E-state index < -0.39 is 5.60 Å². The lowest BCUT2D eigenvalue weighted by Crippen LogP contribution is -2.63. The summed E-state index contributed by atoms with van der Waals surface area (Å²) in [5.41, 5.74) is 0.684. The van der Waals surface area contributed by atoms with Crippen LogP contribution in [0.3, 0.4) is 0 Å². The van der Waals surface area contributed by atoms with Gasteiger partial charge in [-0.3, -0.25) is 4.99 Å². The Balaban J connectivity index is 0.00000364. The first-order valence-corrected chi connectivity index (χ1v) is 8.89. The molecule has 0 spiro atoms. The minimum Gasteiger partial charge on any atom is -0.496 e. The van der Waals surface area contributed by atoms with Crippen LogP contribution in [-0.4, -0.2) is 62.4 Å². The van der Waals surface area contributed by atoms with Gasteiger partial charge in [-0.2, -0.15) is 0 Å². The number of aliphatic imine (C=N–C) groups is 1. The highest BCUT2D eigenvalue weighted by atomic mass is 127. The van der Waals surface area contributed by atoms with E-state index in [1.165, 1.54) is 0 Å². The van der Waals surface area contributed by atoms with Crippen molar-refractivity contribution < 1.29 is 14.3 Å². The lowest BCUT2D eigenvalue weighted by atomic mass is 10.1. The van der Waals surface area contributed by atoms with E-state index in [1.54, 1.807) is 19.1 Å². The fourth-order valence-electron chi connectivity index (χ4n) is 2.66. The molecule has 2 N–H and O–H groups in total. The number of para-hydroxylation sites is 1. The number of hydrogen-bond donors (Lipinski definition) is 2. The minimum atomic E-state index is -0.467. The molecular formula is C19H31IN4O3. The lowest BCUT2D eigenvalue weighted by molar-refractivity contribution is 0.00701. The minimum absolute atomic E-state index is 0. The van der Waals surface area contributed by atoms with Crippen molar-refractivity contribution in [2.45, 2.75) is 38.8 Å². The van der Waals surface area contributed by atoms with E-state index in [0.29, 0.717) is 13.1 Å². The maximum Gasteiger partial charge on any atom is 0.410 e. The number of amides is 1. The summed E-state index contributed by atoms with van der Waals surface area (Å²) < 4.78 is 10.7. The number of guanidine groups is 1. The summed E-state index contributed by atoms with van der Waals surface area (Å²) in [4.78, 5) is 17.9. The first-order valence-electron chi connectivity index (χ1n) is 8.89. The Labute approximate surface area is 178 Å². The van der Waals surface area contributed by atoms with Crippen LogP contribution in [0.25, 0.3) is 0 Å². The molecule has 1 fully saturated rings. The molecule has 7 nitrogen and oxygen atoms in total. The van der Waals surface area contributed by atoms with E-state index in [2.05, 4.69) is 21.7 Å². The molecule has 2 rings (SSSR count). The SMILES string of the molecule is CN=C(NCCc1ccccc1OC)NC1CN(C(=O)OC(C)(C)C)C1.I. The van der Waals surface area contributed by atoms with Gasteiger partial charge in [0.25, 0.3) is 0 Å². The lowest BCUT2D eigenvalue weighted by Gasteiger charge is -2.40. The van der Waals surface area contributed by atoms with Crippen LogP contribution in [0, 0.1) is 0 Å². The summed E-state index contributed by atoms with van der Waals surface area (Å²) in [6, 6.07) is 8.16. The molecule has 8 heteroatoms. The van der Waals surface area contributed by atoms with Gasteiger partial charge in [0.05, 0.1) is 13.2 Å². The van der Waals surface area contributed by atoms with Crippen molar-refractivity contribution in [2.24, 2.45) is 4.99 Å². The van der Waals surface area contributed by atoms with Crippen molar-refractivity contribution in [3.63, 3.8) is 0 Å². The molecule has 27 heavy (non-hydrogen) atoms. The number of nitrogens with one attached hydrogen (secondary N) is 2. The molecule has 0 aromatic heterocycles. The van der Waals surface area contributed by atoms with Gasteiger partial charge in [-0.15, -0.1) is 24.0 Å². The highest BCUT2D eigenvalue weighted by molar-refractivity contribution is 14.0. The first kappa shape index (κ1) is 23.3. The van der Waals surface area contributed by atoms with Crippen LogP contribution in [0.4, 0.5) is 4.79 Å². The second kappa shape index (κ2) is 10.6. The third kappa shape index (κ3) is 7.43. The van der Waals surface area contributed by atoms with Crippen LogP contribution >= 0.6 is 24.0 Å². The number of halogens is 1. The molecule has 0 atom stereocenters. The smallest absolute Gasteiger partial charge is 0.410 e. The third-order valence-corrected chi connectivity index (χ3v) is 3.98. The maximum absolute atomic E-state index is 11.9. The number of hydrogen-bond acceptors (Lipinski definition) is 4. The maximum atomic E-state index is 11.9. The molecule has 1 aliphatic rings. The largest absolute Gasteiger partial charge is 0.496 e. The van der Waals surface area contributed by atoms with Gasteiger partial charge in [-0.25, -0.2) is 4.79 Å². The van der Waals surface area contributed by atoms with Gasteiger partial charge in [0, 0.05) is 26.7 Å². The Kier molecular flexibility index (Phi) is 9.14. The van der Waals surface area contributed by atoms with Gasteiger partial charge in [0.2, 0.25) is 0 Å². The van der Waals surface area contributed by atoms with E-state index in [1.807, 2.05) is 39.0 Å². The van der Waals surface area contributed by atoms with Gasteiger partial charge in [0.1, 0.15) is 11.4 Å². The molecule has 0 saturated carbocycles. The summed E-state index contributed by atoms with van der Waals surface area (Å²) in [5.74, 6) is 1.62. The molecule has 0 unspecified atom stereocenters. The predicted octanol–water partition coefficient (Wildman–Crippen LogP) is 2.64. The summed E-state index contributed by atoms with van der Waals surface area (Å²) in [6.07, 6.45) is 0.564. The van der Waals surface area contributed by atoms with E-state index in [-0.39, 0.29) is 36.1 Å². The number of likely N-dealkylation sites (tertiary alicyclic amines) is 1. The summed E-state index contributed by atoms with van der Waals surface area (Å²) in [6.45, 7) is 7.57. The number of carbonyl (C=O) groups is 1. The van der Waals surface area contributed by atoms with Crippen LogP contribution in [0.5, 0.6) is 5.75 Å². The molecule has 1 saturated heterocycles. The average Bonchev–Trinajstić information content (AvgIpc) is 2.54. The van der Waals surface area contributed by atoms with Crippen LogP contribution in [-0.2, 0) is 11.2 Å². The van der Waals surface area contributed by atoms with Crippen molar-refractivity contribution in [3.8, 4) is 5.75 Å². The number of benzene rings is 1. The van der Waals surface area contributed by atoms with Crippen LogP contribution in [0.15, 0.2) is 29.3 Å². The fourth-order valence-corrected chi connectivity index (χ4v) is 2.66. The van der Waals surface area contributed by atoms with Gasteiger partial charge < -0.3 is 25.0 Å². The van der Waals surface area contributed by atoms with Crippen molar-refractivity contribution >= 4 is 36.0 Å². The van der Waals surface area contributed by atoms with E-state index >= 15 is 0 Å². The molecule has 1 aromatic rings. The summed E-state index contributed by atoms with van der Waals surface area (Å²) >= 11 is 0. The topological polar surface area (TPSA) is 75.2 Å². The number of methoxy groups -OCH3 is 1. The second-order valence-electron chi connectivity index (χ2n) is 7.29. The molecule has 0 aliphatic carbocycles. The molecule has 0 radical (unpaired) electrons. The Morgan fingerprint density at radius 1 is 1.30 bits per heavy atom. The number of carbonyl (C=O) groups excluding carboxylic acids is 1. The fraction of sp³-hybridized carbons (Fsp3) is 0.579. The van der Waals surface area contributed by atoms with Crippen molar-refractivity contribution in [3.05, 3.63) is 29.8 Å². The standard InChI is InChI=1S/C19H30N4O3.HI/c1-19(2,3)26-18(24)23-12-15(13-23)22-17(20-4)21-11-10-14-8-6-7-9-16(14)25-5;/h6-9,15H,10-13H2,1-5H3,(H2,20,21,22);1H. The Morgan fingerprint density at radius 2 is 1.96 bits per heavy atom. The van der Waals surface area contributed by atoms with E-state index in [0.717, 1.165) is 30.2 Å². The number of rotatable bonds is 5. The van der Waals surface area contributed by atoms with Crippen molar-refractivity contribution in [1.82, 2.24) is 15.5 Å². The van der Waals surface area contributed by atoms with E-state index in [4.69, 9.17) is 9.47 Å². The van der Waals surface area contributed by atoms with Gasteiger partial charge in [0.15, 0.2) is 5.96 Å². The van der Waals surface area contributed by atoms with Crippen molar-refractivity contribution in [1.29, 1.82) is 0 Å². The van der Waals surface area contributed by atoms with E-state index in [9.17, 15) is 4.79 Å². The highest BCUT2D eigenvalue weighted by Gasteiger charge is 2.34. The molecule has 1 aromatic carbocycles. The Hall–Kier alpha value is -1.71. The van der Waals surface area contributed by atoms with Crippen LogP contribution < -0.4 is 15.4 Å². The molecule has 0 bridgehead atoms. The van der Waals surface area contributed by atoms with Gasteiger partial charge >= 0.3 is 6.09 Å². The zero-order valence-corrected chi connectivity index (χ0v) is 19.1. The normalized spacial score (nSPS) is 14.7. The quantitative estimate of drug-likeness (QED) is 0.377. The Morgan fingerprint density at radius 3 is 2.56 bits per heavy atom. The predicted molar refractivity (Wildman–Crippen MR) is 118 cm³/mol. The third-order valence-electron chi connectivity index (χ3n) is 3.98. The van der Waals surface area contributed by atoms with Crippen molar-refractivity contribution in [2.75, 3.05) is 33.8 Å². The molecule has 152 valence electrons. The number of nitrogens with zero attached hydrogens (tertiary/aromatic N) is 2. The Bertz CT molecular complexity index is 640. The molecule has 1 aliphatic heterocycles. The number of ether oxygens (including phenoxy) is 2. The summed E-state index contributed by atoms with van der Waals surface area (Å²) in [5, 5.41) is 6.62. The second-order valence-corrected chi connectivity index (χ2v) is 7.29. The first-order chi connectivity index (χ1) is 12.3. The zero-order chi connectivity index (χ0) is 19.2. The monoisotopic (exact) mass is 490 g/mol. The zero-order valence-electron chi connectivity index (χ0n) is 16.7. The van der Waals surface area contributed by atoms with Gasteiger partial charge in [-0.1, -0.05) is 18.2 Å². The van der Waals surface area contributed by atoms with Crippen LogP contribution in [0.1, 0.15) is 26.3 Å². The van der Waals surface area contributed by atoms with Gasteiger partial charge in [-0.05, 0) is 38.8 Å².